The molecule has 14 heteroatoms. The molecule has 3 heterocycles. The van der Waals surface area contributed by atoms with Crippen molar-refractivity contribution in [2.75, 3.05) is 36.5 Å². The van der Waals surface area contributed by atoms with E-state index in [1.807, 2.05) is 63.2 Å². The number of aliphatic hydroxyl groups excluding tert-OH is 1. The number of fused-ring (bicyclic) bond motifs is 1. The van der Waals surface area contributed by atoms with Crippen molar-refractivity contribution >= 4 is 41.6 Å². The third-order valence-corrected chi connectivity index (χ3v) is 18.1. The van der Waals surface area contributed by atoms with Crippen LogP contribution in [0.5, 0.6) is 5.75 Å². The molecule has 5 atom stereocenters. The molecule has 2 saturated heterocycles. The molecular formula is C35H45IN4O8S. The molecule has 1 aromatic heterocycles. The number of nitrogens with zero attached hydrogens (tertiary/aromatic N) is 2. The summed E-state index contributed by atoms with van der Waals surface area (Å²) in [5.74, 6) is 0.666. The molecule has 266 valence electrons. The van der Waals surface area contributed by atoms with Crippen LogP contribution in [0.15, 0.2) is 77.8 Å². The summed E-state index contributed by atoms with van der Waals surface area (Å²) in [6, 6.07) is 18.8. The zero-order chi connectivity index (χ0) is 34.8. The zero-order valence-corrected chi connectivity index (χ0v) is 30.9. The number of ether oxygens (including phenoxy) is 4. The Balaban J connectivity index is 1.19. The van der Waals surface area contributed by atoms with E-state index < -0.39 is 57.3 Å². The van der Waals surface area contributed by atoms with Crippen molar-refractivity contribution in [2.24, 2.45) is 11.3 Å². The van der Waals surface area contributed by atoms with E-state index in [2.05, 4.69) is 10.3 Å². The molecule has 3 aromatic rings. The number of aromatic nitrogens is 1. The molecule has 0 radical (unpaired) electrons. The first kappa shape index (κ1) is 35.8. The number of nitrogen functional groups attached to an aromatic ring is 1. The van der Waals surface area contributed by atoms with Crippen LogP contribution < -0.4 is 15.8 Å². The number of rotatable bonds is 14. The fourth-order valence-electron chi connectivity index (χ4n) is 6.43. The standard InChI is InChI=1S/C35H45IN4O8S/c1-24(2)20-40(49(43,44)29-13-9-26(37)10-14-29)21-31(41)35(18-25-7-11-28(12-8-25)45-22-27-6-4-5-16-38-27)19-30(35)39-33(42)48-32-23-47-34(3)36(32)15-17-46-34/h4-14,16,24,30-32,41H,15,17-23,37H2,1-3H3,(H,39,42)/t30-,31?,32-,34?,35+/m1/s1. The molecule has 3 fully saturated rings. The predicted octanol–water partition coefficient (Wildman–Crippen LogP) is 4.54. The first-order valence-electron chi connectivity index (χ1n) is 16.4. The molecule has 0 bridgehead atoms. The SMILES string of the molecule is CC(C)CN(CC(O)[C@@]1(Cc2ccc(OCc3ccccn3)cc2)C[C@H]1NC(=O)O[C@@H]1COC2(C)OCCI12)S(=O)(=O)c1ccc(N)cc1. The van der Waals surface area contributed by atoms with E-state index in [4.69, 9.17) is 24.7 Å². The summed E-state index contributed by atoms with van der Waals surface area (Å²) >= 11 is -1.86. The number of nitrogens with one attached hydrogen (secondary N) is 1. The number of carbonyl (C=O) groups excluding carboxylic acids is 1. The van der Waals surface area contributed by atoms with Crippen molar-refractivity contribution in [2.45, 2.75) is 65.2 Å². The number of sulfonamides is 1. The number of halogens is 1. The summed E-state index contributed by atoms with van der Waals surface area (Å²) in [6.45, 7) is 7.11. The summed E-state index contributed by atoms with van der Waals surface area (Å²) in [4.78, 5) is 17.6. The summed E-state index contributed by atoms with van der Waals surface area (Å²) in [6.07, 6.45) is 0.900. The molecule has 4 N–H and O–H groups in total. The topological polar surface area (TPSA) is 163 Å². The molecule has 49 heavy (non-hydrogen) atoms. The maximum absolute atomic E-state index is 13.8. The third-order valence-electron chi connectivity index (χ3n) is 9.19. The number of pyridine rings is 1. The number of alkyl halides is 3. The van der Waals surface area contributed by atoms with Gasteiger partial charge < -0.3 is 5.73 Å². The van der Waals surface area contributed by atoms with Crippen LogP contribution >= 0.6 is 19.8 Å². The third kappa shape index (κ3) is 8.15. The van der Waals surface area contributed by atoms with E-state index >= 15 is 0 Å². The first-order valence-corrected chi connectivity index (χ1v) is 21.7. The maximum atomic E-state index is 13.8. The molecule has 6 rings (SSSR count). The van der Waals surface area contributed by atoms with Crippen LogP contribution in [0.3, 0.4) is 0 Å². The number of anilines is 1. The first-order chi connectivity index (χ1) is 23.4. The van der Waals surface area contributed by atoms with Crippen LogP contribution in [0.2, 0.25) is 0 Å². The fraction of sp³-hybridized carbons (Fsp3) is 0.486. The summed E-state index contributed by atoms with van der Waals surface area (Å²) < 4.78 is 52.5. The number of amides is 1. The molecule has 0 spiro atoms. The van der Waals surface area contributed by atoms with Gasteiger partial charge in [0.05, 0.1) is 5.69 Å². The zero-order valence-electron chi connectivity index (χ0n) is 28.0. The van der Waals surface area contributed by atoms with Crippen LogP contribution in [-0.2, 0) is 37.3 Å². The van der Waals surface area contributed by atoms with E-state index in [0.717, 1.165) is 15.7 Å². The summed E-state index contributed by atoms with van der Waals surface area (Å²) in [7, 11) is -3.96. The number of hydrogen-bond donors (Lipinski definition) is 3. The second-order valence-electron chi connectivity index (χ2n) is 13.3. The van der Waals surface area contributed by atoms with Crippen LogP contribution in [0, 0.1) is 11.3 Å². The number of aliphatic hydroxyl groups is 1. The Morgan fingerprint density at radius 3 is 2.57 bits per heavy atom. The van der Waals surface area contributed by atoms with E-state index in [1.54, 1.807) is 18.3 Å². The van der Waals surface area contributed by atoms with Gasteiger partial charge in [-0.25, -0.2) is 0 Å². The van der Waals surface area contributed by atoms with Gasteiger partial charge >= 0.3 is 231 Å². The Labute approximate surface area is 295 Å². The Morgan fingerprint density at radius 2 is 1.88 bits per heavy atom. The monoisotopic (exact) mass is 808 g/mol. The quantitative estimate of drug-likeness (QED) is 0.120. The van der Waals surface area contributed by atoms with E-state index in [-0.39, 0.29) is 28.0 Å². The smallest absolute Gasteiger partial charge is 0.399 e. The molecule has 12 nitrogen and oxygen atoms in total. The Morgan fingerprint density at radius 1 is 1.12 bits per heavy atom. The Bertz CT molecular complexity index is 1700. The van der Waals surface area contributed by atoms with Gasteiger partial charge in [-0.3, -0.25) is 4.98 Å². The van der Waals surface area contributed by atoms with Gasteiger partial charge in [0.1, 0.15) is 6.61 Å². The second-order valence-corrected chi connectivity index (χ2v) is 21.9. The van der Waals surface area contributed by atoms with E-state index in [0.29, 0.717) is 44.1 Å². The molecule has 2 aromatic carbocycles. The normalized spacial score (nSPS) is 26.0. The van der Waals surface area contributed by atoms with E-state index in [1.165, 1.54) is 16.4 Å². The van der Waals surface area contributed by atoms with Gasteiger partial charge in [-0.15, -0.1) is 0 Å². The van der Waals surface area contributed by atoms with Crippen LogP contribution in [0.1, 0.15) is 38.4 Å². The molecule has 2 unspecified atom stereocenters. The number of carbonyl (C=O) groups is 1. The summed E-state index contributed by atoms with van der Waals surface area (Å²) in [5, 5.41) is 14.9. The van der Waals surface area contributed by atoms with Crippen molar-refractivity contribution < 1.29 is 37.3 Å². The number of benzene rings is 2. The Hall–Kier alpha value is -3.02. The van der Waals surface area contributed by atoms with Gasteiger partial charge in [-0.05, 0) is 24.3 Å². The second kappa shape index (κ2) is 14.7. The molecule has 1 saturated carbocycles. The average Bonchev–Trinajstić information content (AvgIpc) is 3.46. The summed E-state index contributed by atoms with van der Waals surface area (Å²) in [5.41, 5.74) is 7.16. The van der Waals surface area contributed by atoms with E-state index in [9.17, 15) is 18.3 Å². The number of nitrogens with two attached hydrogens (primary N) is 1. The van der Waals surface area contributed by atoms with Crippen molar-refractivity contribution in [3.63, 3.8) is 0 Å². The predicted molar refractivity (Wildman–Crippen MR) is 193 cm³/mol. The van der Waals surface area contributed by atoms with Crippen LogP contribution in [0.25, 0.3) is 0 Å². The van der Waals surface area contributed by atoms with Gasteiger partial charge in [0, 0.05) is 11.9 Å². The van der Waals surface area contributed by atoms with Gasteiger partial charge in [0.2, 0.25) is 0 Å². The van der Waals surface area contributed by atoms with Crippen molar-refractivity contribution in [1.29, 1.82) is 0 Å². The molecule has 3 aliphatic rings. The number of hydrogen-bond acceptors (Lipinski definition) is 10. The van der Waals surface area contributed by atoms with Crippen molar-refractivity contribution in [3.8, 4) is 5.75 Å². The van der Waals surface area contributed by atoms with Gasteiger partial charge in [0.25, 0.3) is 0 Å². The fourth-order valence-corrected chi connectivity index (χ4v) is 14.0. The minimum atomic E-state index is -3.96. The van der Waals surface area contributed by atoms with Crippen LogP contribution in [0.4, 0.5) is 10.5 Å². The molecule has 1 aliphatic carbocycles. The molecular weight excluding hydrogens is 763 g/mol. The molecule has 2 aliphatic heterocycles. The van der Waals surface area contributed by atoms with Gasteiger partial charge in [0.15, 0.2) is 0 Å². The van der Waals surface area contributed by atoms with Gasteiger partial charge in [-0.2, -0.15) is 0 Å². The van der Waals surface area contributed by atoms with Gasteiger partial charge in [-0.1, -0.05) is 6.07 Å². The van der Waals surface area contributed by atoms with Crippen molar-refractivity contribution in [3.05, 3.63) is 84.2 Å². The minimum absolute atomic E-state index is 0.00276. The average molecular weight is 809 g/mol. The number of alkyl carbamates (subject to hydrolysis) is 1. The minimum Gasteiger partial charge on any atom is -0.399 e. The Kier molecular flexibility index (Phi) is 10.7. The molecule has 1 amide bonds. The van der Waals surface area contributed by atoms with Crippen molar-refractivity contribution in [1.82, 2.24) is 14.6 Å². The van der Waals surface area contributed by atoms with Crippen LogP contribution in [-0.4, -0.2) is 79.7 Å².